The molecular formula is C23H14BrClFNO3. The van der Waals surface area contributed by atoms with Crippen LogP contribution in [0.1, 0.15) is 27.0 Å². The number of hydrogen-bond acceptors (Lipinski definition) is 3. The number of rotatable bonds is 6. The molecule has 0 fully saturated rings. The number of carboxylic acid groups (broad SMARTS) is 1. The van der Waals surface area contributed by atoms with Gasteiger partial charge in [-0.05, 0) is 75.1 Å². The van der Waals surface area contributed by atoms with Crippen LogP contribution in [-0.4, -0.2) is 11.1 Å². The third kappa shape index (κ3) is 5.26. The Morgan fingerprint density at radius 1 is 1.13 bits per heavy atom. The number of aromatic carboxylic acids is 1. The van der Waals surface area contributed by atoms with Crippen LogP contribution in [0.2, 0.25) is 5.02 Å². The lowest BCUT2D eigenvalue weighted by atomic mass is 10.0. The van der Waals surface area contributed by atoms with Gasteiger partial charge in [-0.3, -0.25) is 0 Å². The van der Waals surface area contributed by atoms with Crippen molar-refractivity contribution in [3.8, 4) is 11.8 Å². The zero-order chi connectivity index (χ0) is 21.7. The van der Waals surface area contributed by atoms with Crippen LogP contribution in [0, 0.1) is 17.1 Å². The summed E-state index contributed by atoms with van der Waals surface area (Å²) in [4.78, 5) is 11.0. The van der Waals surface area contributed by atoms with Gasteiger partial charge in [-0.1, -0.05) is 35.9 Å². The second-order valence-corrected chi connectivity index (χ2v) is 7.54. The van der Waals surface area contributed by atoms with Crippen LogP contribution in [0.4, 0.5) is 4.39 Å². The summed E-state index contributed by atoms with van der Waals surface area (Å²) in [7, 11) is 0. The average molecular weight is 487 g/mol. The average Bonchev–Trinajstić information content (AvgIpc) is 2.73. The van der Waals surface area contributed by atoms with Crippen molar-refractivity contribution < 1.29 is 19.0 Å². The molecule has 0 saturated carbocycles. The summed E-state index contributed by atoms with van der Waals surface area (Å²) in [6, 6.07) is 17.5. The highest BCUT2D eigenvalue weighted by molar-refractivity contribution is 9.10. The van der Waals surface area contributed by atoms with Crippen molar-refractivity contribution in [3.63, 3.8) is 0 Å². The predicted octanol–water partition coefficient (Wildman–Crippen LogP) is 6.58. The minimum atomic E-state index is -1.03. The van der Waals surface area contributed by atoms with E-state index in [-0.39, 0.29) is 18.0 Å². The SMILES string of the molecule is N#C/C(=C/c1cc(Cl)c(OCc2ccc(F)cc2)c(Br)c1)c1ccc(C(=O)O)cc1. The van der Waals surface area contributed by atoms with Gasteiger partial charge in [0.25, 0.3) is 0 Å². The third-order valence-corrected chi connectivity index (χ3v) is 5.06. The van der Waals surface area contributed by atoms with Gasteiger partial charge in [0, 0.05) is 0 Å². The molecule has 3 aromatic carbocycles. The molecule has 4 nitrogen and oxygen atoms in total. The number of nitrogens with zero attached hydrogens (tertiary/aromatic N) is 1. The molecular weight excluding hydrogens is 473 g/mol. The molecule has 0 aliphatic carbocycles. The van der Waals surface area contributed by atoms with Crippen LogP contribution in [-0.2, 0) is 6.61 Å². The number of nitriles is 1. The maximum atomic E-state index is 13.0. The van der Waals surface area contributed by atoms with E-state index in [2.05, 4.69) is 22.0 Å². The van der Waals surface area contributed by atoms with Crippen LogP contribution in [0.5, 0.6) is 5.75 Å². The first-order valence-corrected chi connectivity index (χ1v) is 9.86. The van der Waals surface area contributed by atoms with Gasteiger partial charge in [0.15, 0.2) is 5.75 Å². The Hall–Kier alpha value is -3.14. The van der Waals surface area contributed by atoms with Crippen molar-refractivity contribution in [2.75, 3.05) is 0 Å². The lowest BCUT2D eigenvalue weighted by Gasteiger charge is -2.11. The molecule has 0 bridgehead atoms. The standard InChI is InChI=1S/C23H14BrClFNO3/c24-20-10-15(9-18(12-27)16-3-5-17(6-4-16)23(28)29)11-21(25)22(20)30-13-14-1-7-19(26)8-2-14/h1-11H,13H2,(H,28,29)/b18-9-. The first-order chi connectivity index (χ1) is 14.4. The molecule has 0 amide bonds. The van der Waals surface area contributed by atoms with E-state index in [1.165, 1.54) is 24.3 Å². The molecule has 0 saturated heterocycles. The monoisotopic (exact) mass is 485 g/mol. The van der Waals surface area contributed by atoms with Crippen molar-refractivity contribution in [1.29, 1.82) is 5.26 Å². The maximum Gasteiger partial charge on any atom is 0.335 e. The molecule has 0 aromatic heterocycles. The van der Waals surface area contributed by atoms with Gasteiger partial charge in [-0.15, -0.1) is 0 Å². The Morgan fingerprint density at radius 3 is 2.33 bits per heavy atom. The molecule has 0 radical (unpaired) electrons. The minimum absolute atomic E-state index is 0.143. The fraction of sp³-hybridized carbons (Fsp3) is 0.0435. The summed E-state index contributed by atoms with van der Waals surface area (Å²) in [5, 5.41) is 18.8. The quantitative estimate of drug-likeness (QED) is 0.315. The molecule has 0 aliphatic rings. The van der Waals surface area contributed by atoms with Crippen LogP contribution >= 0.6 is 27.5 Å². The number of halogens is 3. The Balaban J connectivity index is 1.83. The summed E-state index contributed by atoms with van der Waals surface area (Å²) < 4.78 is 19.4. The molecule has 7 heteroatoms. The molecule has 3 rings (SSSR count). The molecule has 0 unspecified atom stereocenters. The molecule has 3 aromatic rings. The summed E-state index contributed by atoms with van der Waals surface area (Å²) in [6.45, 7) is 0.215. The molecule has 0 spiro atoms. The van der Waals surface area contributed by atoms with Crippen molar-refractivity contribution in [1.82, 2.24) is 0 Å². The van der Waals surface area contributed by atoms with E-state index in [4.69, 9.17) is 21.4 Å². The van der Waals surface area contributed by atoms with Gasteiger partial charge in [0.2, 0.25) is 0 Å². The van der Waals surface area contributed by atoms with Gasteiger partial charge in [-0.2, -0.15) is 5.26 Å². The zero-order valence-electron chi connectivity index (χ0n) is 15.4. The van der Waals surface area contributed by atoms with E-state index in [0.29, 0.717) is 31.9 Å². The van der Waals surface area contributed by atoms with E-state index < -0.39 is 5.97 Å². The summed E-state index contributed by atoms with van der Waals surface area (Å²) in [6.07, 6.45) is 1.65. The van der Waals surface area contributed by atoms with Gasteiger partial charge in [-0.25, -0.2) is 9.18 Å². The summed E-state index contributed by atoms with van der Waals surface area (Å²) in [5.74, 6) is -0.918. The van der Waals surface area contributed by atoms with Crippen LogP contribution in [0.15, 0.2) is 65.1 Å². The first-order valence-electron chi connectivity index (χ1n) is 8.69. The lowest BCUT2D eigenvalue weighted by molar-refractivity contribution is 0.0697. The van der Waals surface area contributed by atoms with Gasteiger partial charge >= 0.3 is 5.97 Å². The van der Waals surface area contributed by atoms with Gasteiger partial charge in [0.1, 0.15) is 12.4 Å². The molecule has 0 aliphatic heterocycles. The number of ether oxygens (including phenoxy) is 1. The van der Waals surface area contributed by atoms with E-state index in [9.17, 15) is 14.4 Å². The number of allylic oxidation sites excluding steroid dienone is 1. The first kappa shape index (κ1) is 21.6. The fourth-order valence-corrected chi connectivity index (χ4v) is 3.66. The predicted molar refractivity (Wildman–Crippen MR) is 117 cm³/mol. The van der Waals surface area contributed by atoms with Crippen molar-refractivity contribution >= 4 is 45.1 Å². The highest BCUT2D eigenvalue weighted by atomic mass is 79.9. The normalized spacial score (nSPS) is 11.1. The number of benzene rings is 3. The van der Waals surface area contributed by atoms with Crippen molar-refractivity contribution in [2.45, 2.75) is 6.61 Å². The Labute approximate surface area is 185 Å². The third-order valence-electron chi connectivity index (χ3n) is 4.19. The van der Waals surface area contributed by atoms with Crippen molar-refractivity contribution in [2.24, 2.45) is 0 Å². The number of carboxylic acids is 1. The van der Waals surface area contributed by atoms with E-state index >= 15 is 0 Å². The maximum absolute atomic E-state index is 13.0. The molecule has 0 atom stereocenters. The second kappa shape index (κ2) is 9.57. The highest BCUT2D eigenvalue weighted by Gasteiger charge is 2.11. The van der Waals surface area contributed by atoms with Crippen LogP contribution in [0.3, 0.4) is 0 Å². The van der Waals surface area contributed by atoms with Crippen molar-refractivity contribution in [3.05, 3.63) is 98.2 Å². The fourth-order valence-electron chi connectivity index (χ4n) is 2.68. The summed E-state index contributed by atoms with van der Waals surface area (Å²) in [5.41, 5.74) is 2.55. The largest absolute Gasteiger partial charge is 0.486 e. The summed E-state index contributed by atoms with van der Waals surface area (Å²) >= 11 is 9.79. The van der Waals surface area contributed by atoms with E-state index in [1.807, 2.05) is 0 Å². The number of carbonyl (C=O) groups is 1. The Kier molecular flexibility index (Phi) is 6.88. The second-order valence-electron chi connectivity index (χ2n) is 6.28. The van der Waals surface area contributed by atoms with E-state index in [0.717, 1.165) is 5.56 Å². The molecule has 0 heterocycles. The van der Waals surface area contributed by atoms with Crippen LogP contribution in [0.25, 0.3) is 11.6 Å². The van der Waals surface area contributed by atoms with Gasteiger partial charge in [0.05, 0.1) is 26.7 Å². The smallest absolute Gasteiger partial charge is 0.335 e. The Bertz CT molecular complexity index is 1130. The van der Waals surface area contributed by atoms with Gasteiger partial charge < -0.3 is 9.84 Å². The van der Waals surface area contributed by atoms with E-state index in [1.54, 1.807) is 42.5 Å². The zero-order valence-corrected chi connectivity index (χ0v) is 17.7. The minimum Gasteiger partial charge on any atom is -0.486 e. The lowest BCUT2D eigenvalue weighted by Crippen LogP contribution is -1.97. The van der Waals surface area contributed by atoms with Crippen LogP contribution < -0.4 is 4.74 Å². The topological polar surface area (TPSA) is 70.3 Å². The molecule has 30 heavy (non-hydrogen) atoms. The number of hydrogen-bond donors (Lipinski definition) is 1. The highest BCUT2D eigenvalue weighted by Crippen LogP contribution is 2.36. The molecule has 1 N–H and O–H groups in total. The Morgan fingerprint density at radius 2 is 1.77 bits per heavy atom. The molecule has 150 valence electrons.